The van der Waals surface area contributed by atoms with Gasteiger partial charge in [0.25, 0.3) is 5.91 Å². The standard InChI is InChI=1S/C24H23ClF6N2O5/c1-21(2)35-11-18(37-21)17-7-4-12(10-32-17)33-20(34)19-15(9-22(3,38-19)23(26,27)28)14-6-5-13(8-16(14)25)36-24(29,30)31/h4-8,10,15,18-19H,9,11H2,1-3H3,(H,33,34)/t15-,18+,19+,22+/m1/s1. The average Bonchev–Trinajstić information content (AvgIpc) is 3.33. The topological polar surface area (TPSA) is 78.9 Å². The number of amides is 1. The minimum Gasteiger partial charge on any atom is -0.406 e. The minimum atomic E-state index is -4.99. The van der Waals surface area contributed by atoms with Gasteiger partial charge in [0.15, 0.2) is 11.4 Å². The van der Waals surface area contributed by atoms with Gasteiger partial charge >= 0.3 is 12.5 Å². The Bertz CT molecular complexity index is 1190. The van der Waals surface area contributed by atoms with Crippen LogP contribution in [-0.4, -0.2) is 47.5 Å². The van der Waals surface area contributed by atoms with Crippen molar-refractivity contribution in [2.24, 2.45) is 0 Å². The van der Waals surface area contributed by atoms with Crippen LogP contribution in [0.3, 0.4) is 0 Å². The van der Waals surface area contributed by atoms with Gasteiger partial charge in [-0.05, 0) is 57.0 Å². The summed E-state index contributed by atoms with van der Waals surface area (Å²) < 4.78 is 99.4. The molecule has 0 radical (unpaired) electrons. The second kappa shape index (κ2) is 9.85. The molecule has 2 saturated heterocycles. The van der Waals surface area contributed by atoms with Gasteiger partial charge < -0.3 is 24.3 Å². The van der Waals surface area contributed by atoms with Gasteiger partial charge in [-0.15, -0.1) is 13.2 Å². The Morgan fingerprint density at radius 1 is 1.11 bits per heavy atom. The van der Waals surface area contributed by atoms with Gasteiger partial charge in [-0.1, -0.05) is 17.7 Å². The van der Waals surface area contributed by atoms with E-state index in [2.05, 4.69) is 15.0 Å². The zero-order chi connectivity index (χ0) is 28.1. The van der Waals surface area contributed by atoms with Gasteiger partial charge in [0.05, 0.1) is 24.2 Å². The molecule has 1 aromatic carbocycles. The summed E-state index contributed by atoms with van der Waals surface area (Å²) in [4.78, 5) is 17.3. The molecule has 1 aromatic heterocycles. The summed E-state index contributed by atoms with van der Waals surface area (Å²) in [5.74, 6) is -3.58. The highest BCUT2D eigenvalue weighted by molar-refractivity contribution is 6.31. The molecule has 7 nitrogen and oxygen atoms in total. The van der Waals surface area contributed by atoms with Crippen LogP contribution >= 0.6 is 11.6 Å². The smallest absolute Gasteiger partial charge is 0.406 e. The van der Waals surface area contributed by atoms with E-state index < -0.39 is 60.1 Å². The number of carbonyl (C=O) groups is 1. The Balaban J connectivity index is 1.56. The van der Waals surface area contributed by atoms with Crippen LogP contribution in [0.5, 0.6) is 5.75 Å². The number of hydrogen-bond acceptors (Lipinski definition) is 6. The molecule has 0 bridgehead atoms. The molecule has 2 aromatic rings. The Kier molecular flexibility index (Phi) is 7.36. The number of alkyl halides is 6. The van der Waals surface area contributed by atoms with Crippen LogP contribution in [0, 0.1) is 0 Å². The highest BCUT2D eigenvalue weighted by atomic mass is 35.5. The van der Waals surface area contributed by atoms with Gasteiger partial charge in [-0.3, -0.25) is 9.78 Å². The maximum Gasteiger partial charge on any atom is 0.573 e. The molecule has 0 unspecified atom stereocenters. The van der Waals surface area contributed by atoms with Crippen LogP contribution < -0.4 is 10.1 Å². The third kappa shape index (κ3) is 6.16. The summed E-state index contributed by atoms with van der Waals surface area (Å²) >= 11 is 6.13. The Labute approximate surface area is 218 Å². The first kappa shape index (κ1) is 28.4. The first-order valence-electron chi connectivity index (χ1n) is 11.3. The molecule has 4 atom stereocenters. The van der Waals surface area contributed by atoms with Gasteiger partial charge in [0, 0.05) is 10.9 Å². The number of nitrogens with one attached hydrogen (secondary N) is 1. The van der Waals surface area contributed by atoms with Crippen molar-refractivity contribution in [3.05, 3.63) is 52.8 Å². The molecule has 1 N–H and O–H groups in total. The van der Waals surface area contributed by atoms with Crippen molar-refractivity contribution in [1.29, 1.82) is 0 Å². The molecular formula is C24H23ClF6N2O5. The molecule has 2 aliphatic heterocycles. The molecule has 38 heavy (non-hydrogen) atoms. The van der Waals surface area contributed by atoms with E-state index in [9.17, 15) is 31.1 Å². The number of pyridine rings is 1. The number of hydrogen-bond donors (Lipinski definition) is 1. The quantitative estimate of drug-likeness (QED) is 0.427. The predicted octanol–water partition coefficient (Wildman–Crippen LogP) is 6.29. The van der Waals surface area contributed by atoms with Crippen LogP contribution in [0.2, 0.25) is 5.02 Å². The molecule has 208 valence electrons. The van der Waals surface area contributed by atoms with Crippen molar-refractivity contribution in [3.8, 4) is 5.75 Å². The van der Waals surface area contributed by atoms with E-state index in [4.69, 9.17) is 25.8 Å². The van der Waals surface area contributed by atoms with Gasteiger partial charge in [0.2, 0.25) is 0 Å². The zero-order valence-corrected chi connectivity index (χ0v) is 21.0. The molecule has 2 fully saturated rings. The fourth-order valence-electron chi connectivity index (χ4n) is 4.35. The number of nitrogens with zero attached hydrogens (tertiary/aromatic N) is 1. The summed E-state index contributed by atoms with van der Waals surface area (Å²) in [6.45, 7) is 4.56. The number of carbonyl (C=O) groups excluding carboxylic acids is 1. The van der Waals surface area contributed by atoms with Gasteiger partial charge in [-0.2, -0.15) is 13.2 Å². The lowest BCUT2D eigenvalue weighted by Gasteiger charge is -2.27. The number of anilines is 1. The highest BCUT2D eigenvalue weighted by Crippen LogP contribution is 2.51. The molecule has 3 heterocycles. The second-order valence-corrected chi connectivity index (χ2v) is 9.99. The lowest BCUT2D eigenvalue weighted by molar-refractivity contribution is -0.274. The lowest BCUT2D eigenvalue weighted by Crippen LogP contribution is -2.43. The number of halogens is 7. The largest absolute Gasteiger partial charge is 0.573 e. The lowest BCUT2D eigenvalue weighted by atomic mass is 9.86. The minimum absolute atomic E-state index is 0.00351. The maximum absolute atomic E-state index is 13.8. The van der Waals surface area contributed by atoms with Crippen LogP contribution in [-0.2, 0) is 19.0 Å². The first-order valence-corrected chi connectivity index (χ1v) is 11.7. The van der Waals surface area contributed by atoms with Crippen LogP contribution in [0.15, 0.2) is 36.5 Å². The zero-order valence-electron chi connectivity index (χ0n) is 20.2. The van der Waals surface area contributed by atoms with E-state index in [0.717, 1.165) is 25.1 Å². The molecule has 14 heteroatoms. The summed E-state index contributed by atoms with van der Waals surface area (Å²) in [5.41, 5.74) is -2.00. The summed E-state index contributed by atoms with van der Waals surface area (Å²) in [5, 5.41) is 2.18. The van der Waals surface area contributed by atoms with E-state index in [1.54, 1.807) is 19.9 Å². The molecule has 0 spiro atoms. The molecule has 4 rings (SSSR count). The normalized spacial score (nSPS) is 27.4. The molecule has 2 aliphatic rings. The SMILES string of the molecule is CC1(C)OC[C@@H](c2ccc(NC(=O)[C@H]3O[C@](C)(C(F)(F)F)C[C@@H]3c3ccc(OC(F)(F)F)cc3Cl)cn2)O1. The number of benzene rings is 1. The maximum atomic E-state index is 13.8. The Morgan fingerprint density at radius 3 is 2.34 bits per heavy atom. The third-order valence-corrected chi connectivity index (χ3v) is 6.54. The summed E-state index contributed by atoms with van der Waals surface area (Å²) in [7, 11) is 0. The Morgan fingerprint density at radius 2 is 1.82 bits per heavy atom. The van der Waals surface area contributed by atoms with E-state index >= 15 is 0 Å². The van der Waals surface area contributed by atoms with Crippen molar-refractivity contribution >= 4 is 23.2 Å². The van der Waals surface area contributed by atoms with Crippen molar-refractivity contribution in [2.45, 2.75) is 69.2 Å². The van der Waals surface area contributed by atoms with Crippen molar-refractivity contribution in [1.82, 2.24) is 4.98 Å². The summed E-state index contributed by atoms with van der Waals surface area (Å²) in [6.07, 6.45) is -11.3. The molecule has 0 aliphatic carbocycles. The number of ether oxygens (including phenoxy) is 4. The fourth-order valence-corrected chi connectivity index (χ4v) is 4.66. The number of rotatable bonds is 5. The van der Waals surface area contributed by atoms with Gasteiger partial charge in [-0.25, -0.2) is 0 Å². The van der Waals surface area contributed by atoms with Crippen LogP contribution in [0.1, 0.15) is 50.5 Å². The fraction of sp³-hybridized carbons (Fsp3) is 0.500. The molecule has 0 saturated carbocycles. The van der Waals surface area contributed by atoms with E-state index in [1.807, 2.05) is 0 Å². The van der Waals surface area contributed by atoms with Crippen molar-refractivity contribution in [2.75, 3.05) is 11.9 Å². The first-order chi connectivity index (χ1) is 17.5. The van der Waals surface area contributed by atoms with E-state index in [1.165, 1.54) is 12.3 Å². The average molecular weight is 569 g/mol. The Hall–Kier alpha value is -2.61. The van der Waals surface area contributed by atoms with Crippen LogP contribution in [0.25, 0.3) is 0 Å². The molecular weight excluding hydrogens is 546 g/mol. The second-order valence-electron chi connectivity index (χ2n) is 9.59. The van der Waals surface area contributed by atoms with Crippen molar-refractivity contribution in [3.63, 3.8) is 0 Å². The molecule has 1 amide bonds. The van der Waals surface area contributed by atoms with Gasteiger partial charge in [0.1, 0.15) is 18.0 Å². The van der Waals surface area contributed by atoms with Crippen LogP contribution in [0.4, 0.5) is 32.0 Å². The number of aromatic nitrogens is 1. The summed E-state index contributed by atoms with van der Waals surface area (Å²) in [6, 6.07) is 5.89. The van der Waals surface area contributed by atoms with E-state index in [-0.39, 0.29) is 22.9 Å². The highest BCUT2D eigenvalue weighted by Gasteiger charge is 2.61. The third-order valence-electron chi connectivity index (χ3n) is 6.22. The monoisotopic (exact) mass is 568 g/mol. The predicted molar refractivity (Wildman–Crippen MR) is 122 cm³/mol. The van der Waals surface area contributed by atoms with E-state index in [0.29, 0.717) is 5.69 Å². The van der Waals surface area contributed by atoms with Crippen molar-refractivity contribution < 1.29 is 50.1 Å².